The number of nitrogen functional groups attached to an aromatic ring is 1. The zero-order chi connectivity index (χ0) is 14.0. The Bertz CT molecular complexity index is 621. The molecule has 2 aromatic rings. The summed E-state index contributed by atoms with van der Waals surface area (Å²) in [6, 6.07) is 1.42. The lowest BCUT2D eigenvalue weighted by molar-refractivity contribution is 0.0698. The number of nitrogens with one attached hydrogen (secondary N) is 1. The van der Waals surface area contributed by atoms with Gasteiger partial charge in [0.15, 0.2) is 0 Å². The van der Waals surface area contributed by atoms with Crippen LogP contribution in [-0.2, 0) is 13.6 Å². The Morgan fingerprint density at radius 3 is 2.84 bits per heavy atom. The van der Waals surface area contributed by atoms with E-state index in [4.69, 9.17) is 10.8 Å². The number of hydrogen-bond donors (Lipinski definition) is 3. The van der Waals surface area contributed by atoms with Crippen molar-refractivity contribution in [3.05, 3.63) is 35.3 Å². The fourth-order valence-electron chi connectivity index (χ4n) is 1.65. The second kappa shape index (κ2) is 4.97. The van der Waals surface area contributed by atoms with Gasteiger partial charge in [-0.15, -0.1) is 0 Å². The van der Waals surface area contributed by atoms with Crippen LogP contribution < -0.4 is 11.1 Å². The zero-order valence-corrected chi connectivity index (χ0v) is 10.7. The average Bonchev–Trinajstić information content (AvgIpc) is 2.69. The summed E-state index contributed by atoms with van der Waals surface area (Å²) in [5.74, 6) is -0.602. The Hall–Kier alpha value is -2.57. The number of aryl methyl sites for hydroxylation is 1. The van der Waals surface area contributed by atoms with E-state index in [0.29, 0.717) is 12.4 Å². The molecule has 7 heteroatoms. The Morgan fingerprint density at radius 1 is 1.53 bits per heavy atom. The Kier molecular flexibility index (Phi) is 3.37. The summed E-state index contributed by atoms with van der Waals surface area (Å²) >= 11 is 0. The van der Waals surface area contributed by atoms with Crippen LogP contribution in [0.15, 0.2) is 18.5 Å². The molecule has 0 atom stereocenters. The van der Waals surface area contributed by atoms with Gasteiger partial charge in [0.05, 0.1) is 23.6 Å². The van der Waals surface area contributed by atoms with Crippen LogP contribution in [0.5, 0.6) is 0 Å². The smallest absolute Gasteiger partial charge is 0.337 e. The molecule has 4 N–H and O–H groups in total. The molecule has 0 aliphatic heterocycles. The van der Waals surface area contributed by atoms with Gasteiger partial charge in [0, 0.05) is 24.8 Å². The fraction of sp³-hybridized carbons (Fsp3) is 0.250. The maximum Gasteiger partial charge on any atom is 0.337 e. The third-order valence-electron chi connectivity index (χ3n) is 2.96. The highest BCUT2D eigenvalue weighted by molar-refractivity contribution is 5.94. The first-order valence-corrected chi connectivity index (χ1v) is 5.69. The van der Waals surface area contributed by atoms with Gasteiger partial charge in [0.25, 0.3) is 0 Å². The van der Waals surface area contributed by atoms with Gasteiger partial charge >= 0.3 is 5.97 Å². The molecule has 0 bridgehead atoms. The zero-order valence-electron chi connectivity index (χ0n) is 10.7. The Morgan fingerprint density at radius 2 is 2.26 bits per heavy atom. The lowest BCUT2D eigenvalue weighted by atomic mass is 10.2. The van der Waals surface area contributed by atoms with Crippen molar-refractivity contribution in [1.29, 1.82) is 0 Å². The molecule has 2 heterocycles. The molecule has 0 aliphatic rings. The number of hydrogen-bond acceptors (Lipinski definition) is 5. The molecule has 7 nitrogen and oxygen atoms in total. The van der Waals surface area contributed by atoms with Crippen molar-refractivity contribution < 1.29 is 9.90 Å². The number of nitrogens with zero attached hydrogens (tertiary/aromatic N) is 3. The maximum atomic E-state index is 11.0. The SMILES string of the molecule is Cc1c(CNc2cc(C(=O)O)c(N)cn2)cnn1C. The van der Waals surface area contributed by atoms with E-state index in [9.17, 15) is 4.79 Å². The van der Waals surface area contributed by atoms with Gasteiger partial charge in [-0.25, -0.2) is 9.78 Å². The van der Waals surface area contributed by atoms with E-state index in [0.717, 1.165) is 11.3 Å². The normalized spacial score (nSPS) is 10.4. The van der Waals surface area contributed by atoms with Crippen molar-refractivity contribution in [2.24, 2.45) is 7.05 Å². The van der Waals surface area contributed by atoms with Gasteiger partial charge in [-0.2, -0.15) is 5.10 Å². The molecule has 2 aromatic heterocycles. The number of carbonyl (C=O) groups is 1. The number of aromatic nitrogens is 3. The van der Waals surface area contributed by atoms with Gasteiger partial charge in [-0.1, -0.05) is 0 Å². The number of pyridine rings is 1. The molecular weight excluding hydrogens is 246 g/mol. The molecule has 0 spiro atoms. The van der Waals surface area contributed by atoms with E-state index in [-0.39, 0.29) is 11.3 Å². The minimum absolute atomic E-state index is 0.0420. The molecular formula is C12H15N5O2. The number of rotatable bonds is 4. The molecule has 2 rings (SSSR count). The van der Waals surface area contributed by atoms with Crippen LogP contribution in [0.2, 0.25) is 0 Å². The largest absolute Gasteiger partial charge is 0.478 e. The van der Waals surface area contributed by atoms with Crippen molar-refractivity contribution >= 4 is 17.5 Å². The molecule has 0 aromatic carbocycles. The van der Waals surface area contributed by atoms with Crippen LogP contribution in [0.4, 0.5) is 11.5 Å². The number of carboxylic acids is 1. The van der Waals surface area contributed by atoms with Gasteiger partial charge in [0.1, 0.15) is 5.82 Å². The van der Waals surface area contributed by atoms with Gasteiger partial charge in [-0.05, 0) is 13.0 Å². The fourth-order valence-corrected chi connectivity index (χ4v) is 1.65. The van der Waals surface area contributed by atoms with E-state index in [1.165, 1.54) is 12.3 Å². The van der Waals surface area contributed by atoms with E-state index in [2.05, 4.69) is 15.4 Å². The summed E-state index contributed by atoms with van der Waals surface area (Å²) in [6.07, 6.45) is 3.10. The lowest BCUT2D eigenvalue weighted by Gasteiger charge is -2.07. The third-order valence-corrected chi connectivity index (χ3v) is 2.96. The minimum atomic E-state index is -1.07. The highest BCUT2D eigenvalue weighted by atomic mass is 16.4. The Labute approximate surface area is 110 Å². The van der Waals surface area contributed by atoms with E-state index >= 15 is 0 Å². The molecule has 19 heavy (non-hydrogen) atoms. The maximum absolute atomic E-state index is 11.0. The summed E-state index contributed by atoms with van der Waals surface area (Å²) < 4.78 is 1.77. The quantitative estimate of drug-likeness (QED) is 0.758. The van der Waals surface area contributed by atoms with Crippen LogP contribution in [0.1, 0.15) is 21.6 Å². The molecule has 0 aliphatic carbocycles. The highest BCUT2D eigenvalue weighted by Gasteiger charge is 2.10. The average molecular weight is 261 g/mol. The minimum Gasteiger partial charge on any atom is -0.478 e. The Balaban J connectivity index is 2.14. The van der Waals surface area contributed by atoms with Crippen molar-refractivity contribution in [2.45, 2.75) is 13.5 Å². The molecule has 0 unspecified atom stereocenters. The molecule has 0 fully saturated rings. The van der Waals surface area contributed by atoms with Crippen molar-refractivity contribution in [3.8, 4) is 0 Å². The molecule has 0 saturated carbocycles. The number of aromatic carboxylic acids is 1. The second-order valence-corrected chi connectivity index (χ2v) is 4.19. The molecule has 0 amide bonds. The first-order chi connectivity index (χ1) is 8.99. The van der Waals surface area contributed by atoms with Gasteiger partial charge in [0.2, 0.25) is 0 Å². The van der Waals surface area contributed by atoms with Crippen molar-refractivity contribution in [3.63, 3.8) is 0 Å². The van der Waals surface area contributed by atoms with E-state index in [1.807, 2.05) is 14.0 Å². The predicted molar refractivity (Wildman–Crippen MR) is 70.9 cm³/mol. The summed E-state index contributed by atoms with van der Waals surface area (Å²) in [5, 5.41) is 16.2. The van der Waals surface area contributed by atoms with Gasteiger partial charge < -0.3 is 16.2 Å². The van der Waals surface area contributed by atoms with Crippen LogP contribution in [-0.4, -0.2) is 25.8 Å². The van der Waals surface area contributed by atoms with E-state index < -0.39 is 5.97 Å². The number of nitrogens with two attached hydrogens (primary N) is 1. The number of anilines is 2. The standard InChI is InChI=1S/C12H15N5O2/c1-7-8(5-16-17(7)2)4-14-11-3-9(12(18)19)10(13)6-15-11/h3,5-6H,4,13H2,1-2H3,(H,14,15)(H,18,19). The van der Waals surface area contributed by atoms with Crippen LogP contribution >= 0.6 is 0 Å². The monoisotopic (exact) mass is 261 g/mol. The summed E-state index contributed by atoms with van der Waals surface area (Å²) in [7, 11) is 1.86. The summed E-state index contributed by atoms with van der Waals surface area (Å²) in [5.41, 5.74) is 7.80. The number of carboxylic acid groups (broad SMARTS) is 1. The summed E-state index contributed by atoms with van der Waals surface area (Å²) in [6.45, 7) is 2.48. The van der Waals surface area contributed by atoms with Crippen LogP contribution in [0.25, 0.3) is 0 Å². The van der Waals surface area contributed by atoms with Crippen molar-refractivity contribution in [1.82, 2.24) is 14.8 Å². The van der Waals surface area contributed by atoms with Crippen molar-refractivity contribution in [2.75, 3.05) is 11.1 Å². The predicted octanol–water partition coefficient (Wildman–Crippen LogP) is 1.02. The first-order valence-electron chi connectivity index (χ1n) is 5.69. The lowest BCUT2D eigenvalue weighted by Crippen LogP contribution is -2.07. The van der Waals surface area contributed by atoms with Crippen LogP contribution in [0.3, 0.4) is 0 Å². The molecule has 0 saturated heterocycles. The third kappa shape index (κ3) is 2.65. The highest BCUT2D eigenvalue weighted by Crippen LogP contribution is 2.16. The van der Waals surface area contributed by atoms with Crippen LogP contribution in [0, 0.1) is 6.92 Å². The first kappa shape index (κ1) is 12.9. The van der Waals surface area contributed by atoms with E-state index in [1.54, 1.807) is 10.9 Å². The molecule has 0 radical (unpaired) electrons. The topological polar surface area (TPSA) is 106 Å². The molecule has 100 valence electrons. The second-order valence-electron chi connectivity index (χ2n) is 4.19. The summed E-state index contributed by atoms with van der Waals surface area (Å²) in [4.78, 5) is 15.0. The van der Waals surface area contributed by atoms with Gasteiger partial charge in [-0.3, -0.25) is 4.68 Å².